The van der Waals surface area contributed by atoms with Gasteiger partial charge in [0.2, 0.25) is 0 Å². The van der Waals surface area contributed by atoms with E-state index < -0.39 is 5.41 Å². The number of nitrogens with zero attached hydrogens (tertiary/aromatic N) is 2. The van der Waals surface area contributed by atoms with Crippen molar-refractivity contribution in [3.05, 3.63) is 276 Å². The molecule has 0 atom stereocenters. The molecule has 1 aromatic heterocycles. The van der Waals surface area contributed by atoms with Crippen molar-refractivity contribution in [3.8, 4) is 27.9 Å². The Morgan fingerprint density at radius 3 is 1.67 bits per heavy atom. The monoisotopic (exact) mass is 922 g/mol. The van der Waals surface area contributed by atoms with Crippen LogP contribution in [0.4, 0.5) is 17.1 Å². The van der Waals surface area contributed by atoms with Gasteiger partial charge >= 0.3 is 0 Å². The van der Waals surface area contributed by atoms with Crippen molar-refractivity contribution in [1.82, 2.24) is 4.57 Å². The third-order valence-corrected chi connectivity index (χ3v) is 16.4. The van der Waals surface area contributed by atoms with E-state index in [1.54, 1.807) is 0 Å². The maximum atomic E-state index is 2.62. The van der Waals surface area contributed by atoms with E-state index >= 15 is 0 Å². The zero-order valence-corrected chi connectivity index (χ0v) is 41.2. The average molecular weight is 923 g/mol. The number of hydrogen-bond donors (Lipinski definition) is 0. The van der Waals surface area contributed by atoms with E-state index in [1.807, 2.05) is 0 Å². The van der Waals surface area contributed by atoms with Crippen LogP contribution in [0.25, 0.3) is 71.3 Å². The maximum absolute atomic E-state index is 2.62. The predicted octanol–water partition coefficient (Wildman–Crippen LogP) is 18.5. The Balaban J connectivity index is 1.06. The smallest absolute Gasteiger partial charge is 0.0713 e. The number of benzene rings is 11. The van der Waals surface area contributed by atoms with Crippen LogP contribution >= 0.6 is 0 Å². The van der Waals surface area contributed by atoms with Crippen molar-refractivity contribution < 1.29 is 0 Å². The number of para-hydroxylation sites is 3. The van der Waals surface area contributed by atoms with Crippen molar-refractivity contribution in [2.24, 2.45) is 0 Å². The van der Waals surface area contributed by atoms with Crippen molar-refractivity contribution >= 4 is 60.4 Å². The summed E-state index contributed by atoms with van der Waals surface area (Å²) < 4.78 is 2.40. The molecule has 2 aliphatic carbocycles. The summed E-state index contributed by atoms with van der Waals surface area (Å²) in [4.78, 5) is 2.56. The molecule has 14 rings (SSSR count). The average Bonchev–Trinajstić information content (AvgIpc) is 3.98. The third-order valence-electron chi connectivity index (χ3n) is 16.4. The van der Waals surface area contributed by atoms with E-state index in [2.05, 4.69) is 280 Å². The van der Waals surface area contributed by atoms with Gasteiger partial charge in [-0.05, 0) is 144 Å². The molecule has 0 amide bonds. The SMILES string of the molecule is CC1(C)CC(C)(C)c2cc3c(cc21)-c1cc(N(c2ccccc2-c2ccc4c(c2)c2ccccc2n4-c2ccccc2)c2cc4ccccc4c4ccccc24)ccc1C3(c1ccccc1)c1ccccc1. The molecule has 12 aromatic rings. The molecule has 344 valence electrons. The Morgan fingerprint density at radius 1 is 0.361 bits per heavy atom. The van der Waals surface area contributed by atoms with Gasteiger partial charge in [-0.2, -0.15) is 0 Å². The number of anilines is 3. The first-order valence-corrected chi connectivity index (χ1v) is 25.5. The van der Waals surface area contributed by atoms with Crippen LogP contribution < -0.4 is 4.90 Å². The summed E-state index contributed by atoms with van der Waals surface area (Å²) in [5.74, 6) is 0. The summed E-state index contributed by atoms with van der Waals surface area (Å²) in [6.45, 7) is 9.78. The molecule has 1 heterocycles. The fraction of sp³-hybridized carbons (Fsp3) is 0.114. The summed E-state index contributed by atoms with van der Waals surface area (Å²) in [6, 6.07) is 91.1. The molecule has 2 nitrogen and oxygen atoms in total. The fourth-order valence-electron chi connectivity index (χ4n) is 13.6. The van der Waals surface area contributed by atoms with Crippen LogP contribution in [0.5, 0.6) is 0 Å². The minimum Gasteiger partial charge on any atom is -0.309 e. The van der Waals surface area contributed by atoms with E-state index in [0.29, 0.717) is 0 Å². The lowest BCUT2D eigenvalue weighted by atomic mass is 9.67. The molecule has 0 spiro atoms. The molecular weight excluding hydrogens is 869 g/mol. The van der Waals surface area contributed by atoms with Crippen LogP contribution in [-0.2, 0) is 16.2 Å². The second kappa shape index (κ2) is 15.8. The molecule has 0 bridgehead atoms. The van der Waals surface area contributed by atoms with Crippen LogP contribution in [-0.4, -0.2) is 4.57 Å². The van der Waals surface area contributed by atoms with Crippen molar-refractivity contribution in [3.63, 3.8) is 0 Å². The fourth-order valence-corrected chi connectivity index (χ4v) is 13.6. The van der Waals surface area contributed by atoms with E-state index in [9.17, 15) is 0 Å². The number of rotatable bonds is 7. The molecule has 0 aliphatic heterocycles. The molecule has 2 heteroatoms. The highest BCUT2D eigenvalue weighted by atomic mass is 15.1. The van der Waals surface area contributed by atoms with Crippen molar-refractivity contribution in [1.29, 1.82) is 0 Å². The third kappa shape index (κ3) is 6.15. The zero-order chi connectivity index (χ0) is 48.3. The van der Waals surface area contributed by atoms with Crippen molar-refractivity contribution in [2.45, 2.75) is 50.4 Å². The van der Waals surface area contributed by atoms with Crippen LogP contribution in [0.15, 0.2) is 243 Å². The summed E-state index contributed by atoms with van der Waals surface area (Å²) in [6.07, 6.45) is 1.10. The number of fused-ring (bicyclic) bond motifs is 10. The van der Waals surface area contributed by atoms with Crippen molar-refractivity contribution in [2.75, 3.05) is 4.90 Å². The lowest BCUT2D eigenvalue weighted by Gasteiger charge is -2.35. The van der Waals surface area contributed by atoms with Gasteiger partial charge in [0.25, 0.3) is 0 Å². The van der Waals surface area contributed by atoms with E-state index in [4.69, 9.17) is 0 Å². The molecule has 11 aromatic carbocycles. The second-order valence-corrected chi connectivity index (χ2v) is 21.5. The van der Waals surface area contributed by atoms with Gasteiger partial charge in [-0.3, -0.25) is 0 Å². The van der Waals surface area contributed by atoms with Gasteiger partial charge in [-0.25, -0.2) is 0 Å². The summed E-state index contributed by atoms with van der Waals surface area (Å²) in [5, 5.41) is 7.38. The Labute approximate surface area is 422 Å². The molecule has 0 radical (unpaired) electrons. The summed E-state index contributed by atoms with van der Waals surface area (Å²) in [5.41, 5.74) is 19.6. The quantitative estimate of drug-likeness (QED) is 0.145. The standard InChI is InChI=1S/C70H54N2/c1-68(2)45-69(3,4)63-44-61-58(43-62(63)68)57-42-51(37-38-60(57)70(61,48-23-8-5-9-24-48)49-25-10-6-11-26-49)72(67-41-46-22-14-15-29-52(46)54-31-16-17-32-55(54)67)64-34-20-18-30-53(64)47-36-39-66-59(40-47)56-33-19-21-35-65(56)71(66)50-27-12-7-13-28-50/h5-44H,45H2,1-4H3. The highest BCUT2D eigenvalue weighted by Crippen LogP contribution is 2.61. The highest BCUT2D eigenvalue weighted by Gasteiger charge is 2.50. The van der Waals surface area contributed by atoms with Gasteiger partial charge in [0.15, 0.2) is 0 Å². The van der Waals surface area contributed by atoms with E-state index in [1.165, 1.54) is 99.0 Å². The van der Waals surface area contributed by atoms with Gasteiger partial charge in [0, 0.05) is 33.1 Å². The number of aromatic nitrogens is 1. The van der Waals surface area contributed by atoms with Crippen LogP contribution in [0.2, 0.25) is 0 Å². The largest absolute Gasteiger partial charge is 0.309 e. The Morgan fingerprint density at radius 2 is 0.931 bits per heavy atom. The first-order valence-electron chi connectivity index (χ1n) is 25.5. The highest BCUT2D eigenvalue weighted by molar-refractivity contribution is 6.16. The Bertz CT molecular complexity index is 4080. The molecule has 2 aliphatic rings. The van der Waals surface area contributed by atoms with Gasteiger partial charge in [0.05, 0.1) is 27.8 Å². The topological polar surface area (TPSA) is 8.17 Å². The first kappa shape index (κ1) is 42.4. The van der Waals surface area contributed by atoms with E-state index in [-0.39, 0.29) is 10.8 Å². The Hall–Kier alpha value is -8.46. The molecule has 72 heavy (non-hydrogen) atoms. The Kier molecular flexibility index (Phi) is 9.29. The molecule has 0 unspecified atom stereocenters. The summed E-state index contributed by atoms with van der Waals surface area (Å²) in [7, 11) is 0. The predicted molar refractivity (Wildman–Crippen MR) is 304 cm³/mol. The number of hydrogen-bond acceptors (Lipinski definition) is 1. The van der Waals surface area contributed by atoms with Crippen LogP contribution in [0.1, 0.15) is 67.5 Å². The normalized spacial score (nSPS) is 14.9. The molecule has 0 saturated heterocycles. The summed E-state index contributed by atoms with van der Waals surface area (Å²) >= 11 is 0. The van der Waals surface area contributed by atoms with Crippen LogP contribution in [0, 0.1) is 0 Å². The lowest BCUT2D eigenvalue weighted by Crippen LogP contribution is -2.29. The lowest BCUT2D eigenvalue weighted by molar-refractivity contribution is 0.403. The van der Waals surface area contributed by atoms with Gasteiger partial charge < -0.3 is 9.47 Å². The maximum Gasteiger partial charge on any atom is 0.0713 e. The first-order chi connectivity index (χ1) is 35.2. The van der Waals surface area contributed by atoms with Crippen LogP contribution in [0.3, 0.4) is 0 Å². The van der Waals surface area contributed by atoms with E-state index in [0.717, 1.165) is 29.2 Å². The molecule has 0 saturated carbocycles. The van der Waals surface area contributed by atoms with Gasteiger partial charge in [-0.1, -0.05) is 210 Å². The second-order valence-electron chi connectivity index (χ2n) is 21.5. The minimum absolute atomic E-state index is 0.0276. The van der Waals surface area contributed by atoms with Gasteiger partial charge in [0.1, 0.15) is 0 Å². The molecule has 0 fully saturated rings. The molecular formula is C70H54N2. The zero-order valence-electron chi connectivity index (χ0n) is 41.2. The minimum atomic E-state index is -0.531. The molecule has 0 N–H and O–H groups in total. The van der Waals surface area contributed by atoms with Gasteiger partial charge in [-0.15, -0.1) is 0 Å².